The Labute approximate surface area is 229 Å². The van der Waals surface area contributed by atoms with Crippen molar-refractivity contribution in [3.05, 3.63) is 75.1 Å². The molecular formula is C25H19F10N5O2. The molecule has 0 saturated carbocycles. The number of carbonyl (C=O) groups is 1. The van der Waals surface area contributed by atoms with E-state index in [0.717, 1.165) is 6.07 Å². The fourth-order valence-corrected chi connectivity index (χ4v) is 4.38. The largest absolute Gasteiger partial charge is 0.433 e. The topological polar surface area (TPSA) is 91.0 Å². The number of benzene rings is 1. The Bertz CT molecular complexity index is 1510. The summed E-state index contributed by atoms with van der Waals surface area (Å²) in [5.41, 5.74) is -7.84. The van der Waals surface area contributed by atoms with Gasteiger partial charge in [0.1, 0.15) is 17.5 Å². The van der Waals surface area contributed by atoms with Crippen LogP contribution in [0.3, 0.4) is 0 Å². The van der Waals surface area contributed by atoms with Crippen molar-refractivity contribution in [1.29, 1.82) is 0 Å². The van der Waals surface area contributed by atoms with Crippen molar-refractivity contribution in [2.75, 3.05) is 18.0 Å². The number of aromatic amines is 1. The van der Waals surface area contributed by atoms with Crippen molar-refractivity contribution >= 4 is 11.7 Å². The summed E-state index contributed by atoms with van der Waals surface area (Å²) < 4.78 is 134. The molecule has 1 amide bonds. The number of nitrogens with zero attached hydrogens (tertiary/aromatic N) is 3. The first-order valence-corrected chi connectivity index (χ1v) is 12.1. The standard InChI is InChI=1S/C25H19F10N5O2/c26-20-13(1-3-15(24(30,31)32)19(20)21-38-16(25(33,34)35)9-18(41)39-21)10-37-22(42)12-5-7-40(8-6-12)17-4-2-14(11-36-17)23(27,28)29/h1-4,9,11-12H,5-8,10H2,(H,37,42)(H,38,39,41). The highest BCUT2D eigenvalue weighted by atomic mass is 19.4. The molecular weight excluding hydrogens is 592 g/mol. The fraction of sp³-hybridized carbons (Fsp3) is 0.360. The van der Waals surface area contributed by atoms with E-state index < -0.39 is 82.0 Å². The van der Waals surface area contributed by atoms with Gasteiger partial charge in [-0.05, 0) is 31.0 Å². The number of aromatic nitrogens is 3. The molecule has 0 radical (unpaired) electrons. The van der Waals surface area contributed by atoms with Crippen molar-refractivity contribution in [3.8, 4) is 11.4 Å². The molecule has 7 nitrogen and oxygen atoms in total. The quantitative estimate of drug-likeness (QED) is 0.369. The Hall–Kier alpha value is -4.18. The van der Waals surface area contributed by atoms with Gasteiger partial charge in [-0.3, -0.25) is 9.59 Å². The smallest absolute Gasteiger partial charge is 0.357 e. The number of hydrogen-bond donors (Lipinski definition) is 2. The highest BCUT2D eigenvalue weighted by molar-refractivity contribution is 5.79. The van der Waals surface area contributed by atoms with Gasteiger partial charge in [-0.15, -0.1) is 0 Å². The first kappa shape index (κ1) is 30.8. The number of alkyl halides is 9. The number of halogens is 10. The van der Waals surface area contributed by atoms with Crippen molar-refractivity contribution in [3.63, 3.8) is 0 Å². The molecule has 1 fully saturated rings. The Morgan fingerprint density at radius 1 is 0.952 bits per heavy atom. The Morgan fingerprint density at radius 3 is 2.17 bits per heavy atom. The second-order valence-electron chi connectivity index (χ2n) is 9.32. The minimum Gasteiger partial charge on any atom is -0.357 e. The highest BCUT2D eigenvalue weighted by Gasteiger charge is 2.39. The Kier molecular flexibility index (Phi) is 8.24. The summed E-state index contributed by atoms with van der Waals surface area (Å²) in [7, 11) is 0. The molecule has 1 saturated heterocycles. The molecule has 0 atom stereocenters. The maximum absolute atomic E-state index is 15.4. The zero-order valence-electron chi connectivity index (χ0n) is 21.0. The van der Waals surface area contributed by atoms with Crippen LogP contribution >= 0.6 is 0 Å². The average Bonchev–Trinajstić information content (AvgIpc) is 2.90. The molecule has 3 heterocycles. The summed E-state index contributed by atoms with van der Waals surface area (Å²) in [5.74, 6) is -3.90. The van der Waals surface area contributed by atoms with Gasteiger partial charge < -0.3 is 15.2 Å². The van der Waals surface area contributed by atoms with Crippen LogP contribution in [0.5, 0.6) is 0 Å². The molecule has 1 aliphatic heterocycles. The van der Waals surface area contributed by atoms with Crippen LogP contribution in [0.1, 0.15) is 35.2 Å². The highest BCUT2D eigenvalue weighted by Crippen LogP contribution is 2.39. The van der Waals surface area contributed by atoms with Crippen LogP contribution in [0.25, 0.3) is 11.4 Å². The van der Waals surface area contributed by atoms with E-state index in [1.165, 1.54) is 6.07 Å². The van der Waals surface area contributed by atoms with Crippen LogP contribution in [-0.4, -0.2) is 33.9 Å². The molecule has 0 bridgehead atoms. The summed E-state index contributed by atoms with van der Waals surface area (Å²) in [4.78, 5) is 34.6. The van der Waals surface area contributed by atoms with Crippen molar-refractivity contribution < 1.29 is 48.7 Å². The van der Waals surface area contributed by atoms with E-state index in [1.807, 2.05) is 0 Å². The molecule has 17 heteroatoms. The Balaban J connectivity index is 1.49. The molecule has 1 aromatic carbocycles. The van der Waals surface area contributed by atoms with Gasteiger partial charge >= 0.3 is 18.5 Å². The second-order valence-corrected chi connectivity index (χ2v) is 9.32. The lowest BCUT2D eigenvalue weighted by Gasteiger charge is -2.32. The predicted octanol–water partition coefficient (Wildman–Crippen LogP) is 5.56. The maximum Gasteiger partial charge on any atom is 0.433 e. The summed E-state index contributed by atoms with van der Waals surface area (Å²) >= 11 is 0. The number of amides is 1. The molecule has 3 aromatic rings. The number of rotatable bonds is 5. The molecule has 4 rings (SSSR count). The number of pyridine rings is 1. The molecule has 0 unspecified atom stereocenters. The van der Waals surface area contributed by atoms with Gasteiger partial charge in [0.15, 0.2) is 5.69 Å². The van der Waals surface area contributed by atoms with E-state index in [2.05, 4.69) is 15.3 Å². The molecule has 42 heavy (non-hydrogen) atoms. The lowest BCUT2D eigenvalue weighted by molar-refractivity contribution is -0.141. The van der Waals surface area contributed by atoms with E-state index in [-0.39, 0.29) is 37.8 Å². The van der Waals surface area contributed by atoms with Crippen LogP contribution in [0.15, 0.2) is 41.3 Å². The molecule has 0 spiro atoms. The zero-order chi connectivity index (χ0) is 31.0. The van der Waals surface area contributed by atoms with Gasteiger partial charge in [-0.2, -0.15) is 39.5 Å². The predicted molar refractivity (Wildman–Crippen MR) is 126 cm³/mol. The van der Waals surface area contributed by atoms with Crippen LogP contribution < -0.4 is 15.8 Å². The third-order valence-corrected chi connectivity index (χ3v) is 6.51. The zero-order valence-corrected chi connectivity index (χ0v) is 21.0. The molecule has 2 aromatic heterocycles. The van der Waals surface area contributed by atoms with Crippen LogP contribution in [-0.2, 0) is 29.9 Å². The van der Waals surface area contributed by atoms with Crippen molar-refractivity contribution in [2.24, 2.45) is 5.92 Å². The second kappa shape index (κ2) is 11.2. The van der Waals surface area contributed by atoms with Crippen molar-refractivity contribution in [1.82, 2.24) is 20.3 Å². The maximum atomic E-state index is 15.4. The van der Waals surface area contributed by atoms with Gasteiger partial charge in [-0.25, -0.2) is 14.4 Å². The normalized spacial score (nSPS) is 15.1. The summed E-state index contributed by atoms with van der Waals surface area (Å²) in [5, 5.41) is 2.38. The van der Waals surface area contributed by atoms with E-state index in [9.17, 15) is 49.1 Å². The molecule has 0 aliphatic carbocycles. The van der Waals surface area contributed by atoms with Gasteiger partial charge in [0, 0.05) is 43.4 Å². The number of hydrogen-bond acceptors (Lipinski definition) is 5. The first-order chi connectivity index (χ1) is 19.4. The molecule has 2 N–H and O–H groups in total. The first-order valence-electron chi connectivity index (χ1n) is 12.1. The molecule has 226 valence electrons. The van der Waals surface area contributed by atoms with Crippen LogP contribution in [0.4, 0.5) is 49.7 Å². The summed E-state index contributed by atoms with van der Waals surface area (Å²) in [6.07, 6.45) is -13.9. The third-order valence-electron chi connectivity index (χ3n) is 6.51. The fourth-order valence-electron chi connectivity index (χ4n) is 4.38. The summed E-state index contributed by atoms with van der Waals surface area (Å²) in [6.45, 7) is -0.159. The van der Waals surface area contributed by atoms with E-state index in [1.54, 1.807) is 9.88 Å². The van der Waals surface area contributed by atoms with Gasteiger partial charge in [-0.1, -0.05) is 6.07 Å². The van der Waals surface area contributed by atoms with Gasteiger partial charge in [0.2, 0.25) is 5.91 Å². The lowest BCUT2D eigenvalue weighted by Crippen LogP contribution is -2.40. The number of piperidine rings is 1. The molecule has 1 aliphatic rings. The van der Waals surface area contributed by atoms with Gasteiger partial charge in [0.25, 0.3) is 5.56 Å². The minimum atomic E-state index is -5.24. The average molecular weight is 611 g/mol. The monoisotopic (exact) mass is 611 g/mol. The number of anilines is 1. The summed E-state index contributed by atoms with van der Waals surface area (Å²) in [6, 6.07) is 3.18. The lowest BCUT2D eigenvalue weighted by atomic mass is 9.95. The van der Waals surface area contributed by atoms with Crippen LogP contribution in [0, 0.1) is 11.7 Å². The van der Waals surface area contributed by atoms with E-state index in [0.29, 0.717) is 18.3 Å². The van der Waals surface area contributed by atoms with Crippen LogP contribution in [0.2, 0.25) is 0 Å². The number of carbonyl (C=O) groups excluding carboxylic acids is 1. The third kappa shape index (κ3) is 6.82. The number of H-pyrrole nitrogens is 1. The SMILES string of the molecule is O=C(NCc1ccc(C(F)(F)F)c(-c2nc(C(F)(F)F)cc(=O)[nH]2)c1F)C1CCN(c2ccc(C(F)(F)F)cn2)CC1. The van der Waals surface area contributed by atoms with E-state index >= 15 is 4.39 Å². The van der Waals surface area contributed by atoms with Crippen molar-refractivity contribution in [2.45, 2.75) is 37.9 Å². The van der Waals surface area contributed by atoms with E-state index in [4.69, 9.17) is 0 Å². The van der Waals surface area contributed by atoms with Gasteiger partial charge in [0.05, 0.1) is 16.7 Å². The number of nitrogens with one attached hydrogen (secondary N) is 2. The Morgan fingerprint density at radius 2 is 1.62 bits per heavy atom. The minimum absolute atomic E-state index is 0.0116.